The minimum absolute atomic E-state index is 0.693. The first-order chi connectivity index (χ1) is 8.31. The van der Waals surface area contributed by atoms with Crippen LogP contribution in [0.1, 0.15) is 33.1 Å². The predicted octanol–water partition coefficient (Wildman–Crippen LogP) is 3.93. The Morgan fingerprint density at radius 2 is 2.29 bits per heavy atom. The molecule has 2 heterocycles. The van der Waals surface area contributed by atoms with Gasteiger partial charge >= 0.3 is 0 Å². The third kappa shape index (κ3) is 3.16. The fourth-order valence-corrected chi connectivity index (χ4v) is 2.59. The standard InChI is InChI=1S/C13H19N3S/c1-3-4-5-10(2)8-14-12-11-6-7-17-13(11)16-9-15-12/h6-7,9-10H,3-5,8H2,1-2H3,(H,14,15,16). The molecule has 0 radical (unpaired) electrons. The first-order valence-electron chi connectivity index (χ1n) is 6.23. The molecule has 0 aliphatic carbocycles. The number of hydrogen-bond donors (Lipinski definition) is 1. The summed E-state index contributed by atoms with van der Waals surface area (Å²) in [4.78, 5) is 9.62. The van der Waals surface area contributed by atoms with Crippen LogP contribution >= 0.6 is 11.3 Å². The molecule has 0 spiro atoms. The highest BCUT2D eigenvalue weighted by atomic mass is 32.1. The normalized spacial score (nSPS) is 12.8. The minimum Gasteiger partial charge on any atom is -0.369 e. The molecule has 1 unspecified atom stereocenters. The van der Waals surface area contributed by atoms with E-state index < -0.39 is 0 Å². The number of fused-ring (bicyclic) bond motifs is 1. The average Bonchev–Trinajstić information content (AvgIpc) is 2.82. The summed E-state index contributed by atoms with van der Waals surface area (Å²) in [5.41, 5.74) is 0. The Labute approximate surface area is 106 Å². The van der Waals surface area contributed by atoms with E-state index in [9.17, 15) is 0 Å². The second kappa shape index (κ2) is 5.96. The minimum atomic E-state index is 0.693. The molecule has 0 aromatic carbocycles. The fourth-order valence-electron chi connectivity index (χ4n) is 1.86. The lowest BCUT2D eigenvalue weighted by molar-refractivity contribution is 0.528. The molecule has 3 nitrogen and oxygen atoms in total. The third-order valence-corrected chi connectivity index (χ3v) is 3.75. The first-order valence-corrected chi connectivity index (χ1v) is 7.11. The van der Waals surface area contributed by atoms with Gasteiger partial charge in [0.2, 0.25) is 0 Å². The number of anilines is 1. The Balaban J connectivity index is 1.96. The van der Waals surface area contributed by atoms with Crippen LogP contribution < -0.4 is 5.32 Å². The van der Waals surface area contributed by atoms with E-state index in [4.69, 9.17) is 0 Å². The first kappa shape index (κ1) is 12.3. The zero-order valence-corrected chi connectivity index (χ0v) is 11.3. The molecule has 0 amide bonds. The van der Waals surface area contributed by atoms with Crippen molar-refractivity contribution in [1.29, 1.82) is 0 Å². The van der Waals surface area contributed by atoms with Gasteiger partial charge < -0.3 is 5.32 Å². The molecule has 0 saturated carbocycles. The van der Waals surface area contributed by atoms with E-state index >= 15 is 0 Å². The van der Waals surface area contributed by atoms with Crippen LogP contribution in [0.5, 0.6) is 0 Å². The number of nitrogens with one attached hydrogen (secondary N) is 1. The van der Waals surface area contributed by atoms with Crippen LogP contribution in [-0.4, -0.2) is 16.5 Å². The van der Waals surface area contributed by atoms with Crippen LogP contribution in [-0.2, 0) is 0 Å². The predicted molar refractivity (Wildman–Crippen MR) is 74.6 cm³/mol. The van der Waals surface area contributed by atoms with Crippen molar-refractivity contribution >= 4 is 27.4 Å². The van der Waals surface area contributed by atoms with E-state index in [2.05, 4.69) is 40.6 Å². The number of nitrogens with zero attached hydrogens (tertiary/aromatic N) is 2. The Morgan fingerprint density at radius 3 is 3.12 bits per heavy atom. The van der Waals surface area contributed by atoms with E-state index in [-0.39, 0.29) is 0 Å². The maximum atomic E-state index is 4.32. The second-order valence-corrected chi connectivity index (χ2v) is 5.38. The summed E-state index contributed by atoms with van der Waals surface area (Å²) in [5.74, 6) is 1.66. The molecule has 4 heteroatoms. The summed E-state index contributed by atoms with van der Waals surface area (Å²) in [6.45, 7) is 5.51. The molecule has 2 aromatic heterocycles. The lowest BCUT2D eigenvalue weighted by atomic mass is 10.0. The van der Waals surface area contributed by atoms with Gasteiger partial charge in [-0.05, 0) is 23.8 Å². The highest BCUT2D eigenvalue weighted by Gasteiger charge is 2.06. The largest absolute Gasteiger partial charge is 0.369 e. The smallest absolute Gasteiger partial charge is 0.138 e. The average molecular weight is 249 g/mol. The number of hydrogen-bond acceptors (Lipinski definition) is 4. The molecular weight excluding hydrogens is 230 g/mol. The molecule has 0 aliphatic rings. The molecule has 92 valence electrons. The van der Waals surface area contributed by atoms with Crippen molar-refractivity contribution in [3.63, 3.8) is 0 Å². The lowest BCUT2D eigenvalue weighted by Crippen LogP contribution is -2.12. The monoisotopic (exact) mass is 249 g/mol. The molecule has 2 aromatic rings. The van der Waals surface area contributed by atoms with E-state index in [1.807, 2.05) is 0 Å². The Kier molecular flexibility index (Phi) is 4.31. The highest BCUT2D eigenvalue weighted by Crippen LogP contribution is 2.23. The van der Waals surface area contributed by atoms with Gasteiger partial charge in [-0.3, -0.25) is 0 Å². The van der Waals surface area contributed by atoms with Crippen LogP contribution in [0.15, 0.2) is 17.8 Å². The van der Waals surface area contributed by atoms with Crippen molar-refractivity contribution in [3.05, 3.63) is 17.8 Å². The summed E-state index contributed by atoms with van der Waals surface area (Å²) < 4.78 is 0. The zero-order chi connectivity index (χ0) is 12.1. The SMILES string of the molecule is CCCCC(C)CNc1ncnc2sccc12. The van der Waals surface area contributed by atoms with Gasteiger partial charge in [-0.15, -0.1) is 11.3 Å². The summed E-state index contributed by atoms with van der Waals surface area (Å²) in [5, 5.41) is 6.64. The van der Waals surface area contributed by atoms with Gasteiger partial charge in [-0.25, -0.2) is 9.97 Å². The summed E-state index contributed by atoms with van der Waals surface area (Å²) in [6.07, 6.45) is 5.49. The Bertz CT molecular complexity index is 466. The molecule has 0 saturated heterocycles. The lowest BCUT2D eigenvalue weighted by Gasteiger charge is -2.12. The summed E-state index contributed by atoms with van der Waals surface area (Å²) in [7, 11) is 0. The number of unbranched alkanes of at least 4 members (excludes halogenated alkanes) is 1. The van der Waals surface area contributed by atoms with Crippen molar-refractivity contribution in [3.8, 4) is 0 Å². The molecule has 1 N–H and O–H groups in total. The van der Waals surface area contributed by atoms with Crippen molar-refractivity contribution in [1.82, 2.24) is 9.97 Å². The summed E-state index contributed by atoms with van der Waals surface area (Å²) >= 11 is 1.66. The molecule has 2 rings (SSSR count). The van der Waals surface area contributed by atoms with Gasteiger partial charge in [-0.1, -0.05) is 26.7 Å². The van der Waals surface area contributed by atoms with Gasteiger partial charge in [0.1, 0.15) is 17.0 Å². The van der Waals surface area contributed by atoms with Gasteiger partial charge in [0.25, 0.3) is 0 Å². The fraction of sp³-hybridized carbons (Fsp3) is 0.538. The summed E-state index contributed by atoms with van der Waals surface area (Å²) in [6, 6.07) is 2.08. The molecular formula is C13H19N3S. The zero-order valence-electron chi connectivity index (χ0n) is 10.4. The number of aromatic nitrogens is 2. The Hall–Kier alpha value is -1.16. The molecule has 0 aliphatic heterocycles. The molecule has 0 fully saturated rings. The topological polar surface area (TPSA) is 37.8 Å². The quantitative estimate of drug-likeness (QED) is 0.843. The van der Waals surface area contributed by atoms with E-state index in [1.54, 1.807) is 17.7 Å². The van der Waals surface area contributed by atoms with Gasteiger partial charge in [0.15, 0.2) is 0 Å². The third-order valence-electron chi connectivity index (χ3n) is 2.93. The molecule has 17 heavy (non-hydrogen) atoms. The van der Waals surface area contributed by atoms with Crippen molar-refractivity contribution in [2.45, 2.75) is 33.1 Å². The van der Waals surface area contributed by atoms with Crippen molar-refractivity contribution in [2.75, 3.05) is 11.9 Å². The van der Waals surface area contributed by atoms with Crippen LogP contribution in [0.4, 0.5) is 5.82 Å². The Morgan fingerprint density at radius 1 is 1.41 bits per heavy atom. The van der Waals surface area contributed by atoms with Crippen molar-refractivity contribution < 1.29 is 0 Å². The van der Waals surface area contributed by atoms with E-state index in [0.717, 1.165) is 22.6 Å². The van der Waals surface area contributed by atoms with Gasteiger partial charge in [0.05, 0.1) is 5.39 Å². The molecule has 1 atom stereocenters. The van der Waals surface area contributed by atoms with Gasteiger partial charge in [-0.2, -0.15) is 0 Å². The van der Waals surface area contributed by atoms with Crippen LogP contribution in [0.3, 0.4) is 0 Å². The van der Waals surface area contributed by atoms with Crippen molar-refractivity contribution in [2.24, 2.45) is 5.92 Å². The molecule has 0 bridgehead atoms. The van der Waals surface area contributed by atoms with E-state index in [0.29, 0.717) is 5.92 Å². The van der Waals surface area contributed by atoms with Gasteiger partial charge in [0, 0.05) is 6.54 Å². The van der Waals surface area contributed by atoms with Crippen LogP contribution in [0.25, 0.3) is 10.2 Å². The maximum absolute atomic E-state index is 4.32. The highest BCUT2D eigenvalue weighted by molar-refractivity contribution is 7.16. The maximum Gasteiger partial charge on any atom is 0.138 e. The second-order valence-electron chi connectivity index (χ2n) is 4.49. The van der Waals surface area contributed by atoms with Crippen LogP contribution in [0, 0.1) is 5.92 Å². The number of thiophene rings is 1. The van der Waals surface area contributed by atoms with Crippen LogP contribution in [0.2, 0.25) is 0 Å². The van der Waals surface area contributed by atoms with E-state index in [1.165, 1.54) is 19.3 Å². The number of rotatable bonds is 6.